The number of aromatic nitrogens is 1. The van der Waals surface area contributed by atoms with Crippen molar-refractivity contribution in [2.24, 2.45) is 0 Å². The topological polar surface area (TPSA) is 51.7 Å². The van der Waals surface area contributed by atoms with Crippen LogP contribution in [0.1, 0.15) is 16.1 Å². The van der Waals surface area contributed by atoms with Crippen molar-refractivity contribution >= 4 is 17.2 Å². The molecule has 7 heteroatoms. The lowest BCUT2D eigenvalue weighted by Gasteiger charge is -2.17. The van der Waals surface area contributed by atoms with Crippen LogP contribution >= 0.6 is 11.3 Å². The molecule has 3 aromatic rings. The highest BCUT2D eigenvalue weighted by atomic mass is 32.1. The van der Waals surface area contributed by atoms with Crippen molar-refractivity contribution in [3.05, 3.63) is 64.9 Å². The third kappa shape index (κ3) is 4.25. The molecule has 0 aliphatic rings. The molecule has 0 N–H and O–H groups in total. The molecule has 1 aromatic heterocycles. The highest BCUT2D eigenvalue weighted by Crippen LogP contribution is 2.28. The number of thiazole rings is 1. The normalized spacial score (nSPS) is 10.5. The Balaban J connectivity index is 1.73. The van der Waals surface area contributed by atoms with Gasteiger partial charge in [0.1, 0.15) is 16.5 Å². The predicted octanol–water partition coefficient (Wildman–Crippen LogP) is 4.24. The number of methoxy groups -OCH3 is 2. The van der Waals surface area contributed by atoms with Gasteiger partial charge in [-0.15, -0.1) is 11.3 Å². The minimum atomic E-state index is -0.304. The average Bonchev–Trinajstić information content (AvgIpc) is 3.17. The van der Waals surface area contributed by atoms with Crippen LogP contribution in [0.5, 0.6) is 11.5 Å². The van der Waals surface area contributed by atoms with E-state index in [1.54, 1.807) is 43.7 Å². The molecule has 0 unspecified atom stereocenters. The van der Waals surface area contributed by atoms with E-state index in [0.29, 0.717) is 28.7 Å². The van der Waals surface area contributed by atoms with E-state index in [1.165, 1.54) is 23.5 Å². The summed E-state index contributed by atoms with van der Waals surface area (Å²) in [7, 11) is 4.87. The van der Waals surface area contributed by atoms with E-state index in [1.807, 2.05) is 18.2 Å². The van der Waals surface area contributed by atoms with E-state index < -0.39 is 0 Å². The van der Waals surface area contributed by atoms with Crippen molar-refractivity contribution < 1.29 is 18.7 Å². The van der Waals surface area contributed by atoms with Crippen LogP contribution in [0.25, 0.3) is 10.6 Å². The first-order valence-corrected chi connectivity index (χ1v) is 9.07. The number of carbonyl (C=O) groups excluding carboxylic acids is 1. The number of hydrogen-bond acceptors (Lipinski definition) is 5. The van der Waals surface area contributed by atoms with Gasteiger partial charge in [-0.05, 0) is 42.0 Å². The molecule has 27 heavy (non-hydrogen) atoms. The molecule has 5 nitrogen and oxygen atoms in total. The van der Waals surface area contributed by atoms with E-state index in [0.717, 1.165) is 11.1 Å². The molecule has 3 rings (SSSR count). The third-order valence-corrected chi connectivity index (χ3v) is 4.92. The average molecular weight is 386 g/mol. The predicted molar refractivity (Wildman–Crippen MR) is 103 cm³/mol. The minimum absolute atomic E-state index is 0.186. The molecule has 0 radical (unpaired) electrons. The lowest BCUT2D eigenvalue weighted by Crippen LogP contribution is -2.26. The Morgan fingerprint density at radius 1 is 1.11 bits per heavy atom. The Kier molecular flexibility index (Phi) is 5.71. The summed E-state index contributed by atoms with van der Waals surface area (Å²) in [6.07, 6.45) is 0. The van der Waals surface area contributed by atoms with Crippen molar-refractivity contribution in [3.63, 3.8) is 0 Å². The Morgan fingerprint density at radius 2 is 1.81 bits per heavy atom. The van der Waals surface area contributed by atoms with Gasteiger partial charge in [0.2, 0.25) is 0 Å². The van der Waals surface area contributed by atoms with Gasteiger partial charge in [-0.25, -0.2) is 9.37 Å². The summed E-state index contributed by atoms with van der Waals surface area (Å²) in [6, 6.07) is 11.6. The molecule has 2 aromatic carbocycles. The Hall–Kier alpha value is -2.93. The largest absolute Gasteiger partial charge is 0.493 e. The van der Waals surface area contributed by atoms with Crippen molar-refractivity contribution in [1.82, 2.24) is 9.88 Å². The number of amides is 1. The summed E-state index contributed by atoms with van der Waals surface area (Å²) in [4.78, 5) is 18.7. The molecule has 0 aliphatic carbocycles. The monoisotopic (exact) mass is 386 g/mol. The highest BCUT2D eigenvalue weighted by Gasteiger charge is 2.17. The molecule has 0 saturated heterocycles. The van der Waals surface area contributed by atoms with Crippen molar-refractivity contribution in [2.45, 2.75) is 6.54 Å². The van der Waals surface area contributed by atoms with Gasteiger partial charge in [-0.2, -0.15) is 0 Å². The fourth-order valence-electron chi connectivity index (χ4n) is 2.62. The lowest BCUT2D eigenvalue weighted by atomic mass is 10.2. The van der Waals surface area contributed by atoms with E-state index in [4.69, 9.17) is 9.47 Å². The number of nitrogens with zero attached hydrogens (tertiary/aromatic N) is 2. The second-order valence-corrected chi connectivity index (χ2v) is 6.75. The minimum Gasteiger partial charge on any atom is -0.493 e. The fraction of sp³-hybridized carbons (Fsp3) is 0.200. The number of benzene rings is 2. The summed E-state index contributed by atoms with van der Waals surface area (Å²) >= 11 is 1.35. The van der Waals surface area contributed by atoms with E-state index in [-0.39, 0.29) is 11.7 Å². The van der Waals surface area contributed by atoms with Gasteiger partial charge in [0.15, 0.2) is 11.5 Å². The molecule has 140 valence electrons. The maximum absolute atomic E-state index is 13.1. The summed E-state index contributed by atoms with van der Waals surface area (Å²) in [5.74, 6) is 0.762. The van der Waals surface area contributed by atoms with Crippen LogP contribution < -0.4 is 9.47 Å². The van der Waals surface area contributed by atoms with Gasteiger partial charge in [0, 0.05) is 24.5 Å². The Bertz CT molecular complexity index is 941. The standard InChI is InChI=1S/C20H19FN2O3S/c1-23(11-13-4-9-17(25-2)18(10-13)26-3)20(24)16-12-27-19(22-16)14-5-7-15(21)8-6-14/h4-10,12H,11H2,1-3H3. The molecule has 1 amide bonds. The Morgan fingerprint density at radius 3 is 2.48 bits per heavy atom. The molecule has 0 bridgehead atoms. The number of rotatable bonds is 6. The lowest BCUT2D eigenvalue weighted by molar-refractivity contribution is 0.0780. The highest BCUT2D eigenvalue weighted by molar-refractivity contribution is 7.13. The SMILES string of the molecule is COc1ccc(CN(C)C(=O)c2csc(-c3ccc(F)cc3)n2)cc1OC. The zero-order chi connectivity index (χ0) is 19.4. The smallest absolute Gasteiger partial charge is 0.273 e. The third-order valence-electron chi connectivity index (χ3n) is 4.03. The summed E-state index contributed by atoms with van der Waals surface area (Å²) in [6.45, 7) is 0.405. The fourth-order valence-corrected chi connectivity index (χ4v) is 3.42. The second kappa shape index (κ2) is 8.18. The summed E-state index contributed by atoms with van der Waals surface area (Å²) in [5.41, 5.74) is 2.06. The van der Waals surface area contributed by atoms with Crippen LogP contribution in [0.4, 0.5) is 4.39 Å². The number of ether oxygens (including phenoxy) is 2. The van der Waals surface area contributed by atoms with E-state index in [9.17, 15) is 9.18 Å². The summed E-state index contributed by atoms with van der Waals surface area (Å²) < 4.78 is 23.6. The summed E-state index contributed by atoms with van der Waals surface area (Å²) in [5, 5.41) is 2.39. The van der Waals surface area contributed by atoms with Crippen LogP contribution in [-0.4, -0.2) is 37.1 Å². The van der Waals surface area contributed by atoms with Crippen LogP contribution in [0.15, 0.2) is 47.8 Å². The van der Waals surface area contributed by atoms with E-state index in [2.05, 4.69) is 4.98 Å². The molecular formula is C20H19FN2O3S. The number of hydrogen-bond donors (Lipinski definition) is 0. The van der Waals surface area contributed by atoms with Crippen LogP contribution in [0, 0.1) is 5.82 Å². The van der Waals surface area contributed by atoms with Crippen molar-refractivity contribution in [1.29, 1.82) is 0 Å². The van der Waals surface area contributed by atoms with Crippen molar-refractivity contribution in [2.75, 3.05) is 21.3 Å². The maximum Gasteiger partial charge on any atom is 0.273 e. The number of carbonyl (C=O) groups is 1. The van der Waals surface area contributed by atoms with Crippen LogP contribution in [0.3, 0.4) is 0 Å². The van der Waals surface area contributed by atoms with Gasteiger partial charge in [-0.3, -0.25) is 4.79 Å². The maximum atomic E-state index is 13.1. The molecule has 0 fully saturated rings. The molecule has 1 heterocycles. The molecule has 0 atom stereocenters. The van der Waals surface area contributed by atoms with Crippen LogP contribution in [0.2, 0.25) is 0 Å². The zero-order valence-electron chi connectivity index (χ0n) is 15.2. The van der Waals surface area contributed by atoms with E-state index >= 15 is 0 Å². The van der Waals surface area contributed by atoms with Gasteiger partial charge >= 0.3 is 0 Å². The first kappa shape index (κ1) is 18.8. The van der Waals surface area contributed by atoms with Gasteiger partial charge in [-0.1, -0.05) is 6.07 Å². The molecular weight excluding hydrogens is 367 g/mol. The second-order valence-electron chi connectivity index (χ2n) is 5.90. The number of halogens is 1. The van der Waals surface area contributed by atoms with Crippen LogP contribution in [-0.2, 0) is 6.54 Å². The zero-order valence-corrected chi connectivity index (χ0v) is 16.0. The molecule has 0 aliphatic heterocycles. The van der Waals surface area contributed by atoms with Gasteiger partial charge in [0.05, 0.1) is 14.2 Å². The Labute approximate surface area is 161 Å². The first-order valence-electron chi connectivity index (χ1n) is 8.19. The van der Waals surface area contributed by atoms with Crippen molar-refractivity contribution in [3.8, 4) is 22.1 Å². The molecule has 0 spiro atoms. The van der Waals surface area contributed by atoms with Gasteiger partial charge in [0.25, 0.3) is 5.91 Å². The molecule has 0 saturated carbocycles. The van der Waals surface area contributed by atoms with Gasteiger partial charge < -0.3 is 14.4 Å². The first-order chi connectivity index (χ1) is 13.0. The quantitative estimate of drug-likeness (QED) is 0.636.